The molecule has 0 aliphatic heterocycles. The molecule has 0 spiro atoms. The molecule has 3 heteroatoms. The van der Waals surface area contributed by atoms with E-state index in [0.717, 1.165) is 30.8 Å². The van der Waals surface area contributed by atoms with Crippen LogP contribution in [-0.2, 0) is 13.0 Å². The molecule has 1 aromatic heterocycles. The molecule has 0 radical (unpaired) electrons. The molecule has 1 N–H and O–H groups in total. The highest BCUT2D eigenvalue weighted by Crippen LogP contribution is 2.23. The summed E-state index contributed by atoms with van der Waals surface area (Å²) in [6, 6.07) is 19.3. The van der Waals surface area contributed by atoms with Crippen molar-refractivity contribution in [2.75, 3.05) is 25.5 Å². The Hall–Kier alpha value is -2.39. The van der Waals surface area contributed by atoms with Crippen molar-refractivity contribution in [3.05, 3.63) is 71.3 Å². The lowest BCUT2D eigenvalue weighted by Gasteiger charge is -2.18. The number of nitrogens with one attached hydrogen (secondary N) is 1. The molecule has 1 heterocycles. The van der Waals surface area contributed by atoms with Crippen LogP contribution in [-0.4, -0.2) is 25.6 Å². The van der Waals surface area contributed by atoms with E-state index >= 15 is 0 Å². The SMILES string of the molecule is Cc1ccc2cc(CNCCc3ccccc3)c(N(C)C)nc2c1. The van der Waals surface area contributed by atoms with Gasteiger partial charge in [0, 0.05) is 31.6 Å². The average Bonchev–Trinajstić information content (AvgIpc) is 2.59. The molecule has 2 aromatic carbocycles. The van der Waals surface area contributed by atoms with Crippen molar-refractivity contribution in [3.63, 3.8) is 0 Å². The van der Waals surface area contributed by atoms with Gasteiger partial charge in [0.1, 0.15) is 5.82 Å². The number of hydrogen-bond donors (Lipinski definition) is 1. The van der Waals surface area contributed by atoms with Crippen molar-refractivity contribution in [1.82, 2.24) is 10.3 Å². The Morgan fingerprint density at radius 2 is 1.79 bits per heavy atom. The van der Waals surface area contributed by atoms with Crippen LogP contribution in [0.1, 0.15) is 16.7 Å². The third-order valence-electron chi connectivity index (χ3n) is 4.20. The number of fused-ring (bicyclic) bond motifs is 1. The molecular formula is C21H25N3. The molecule has 0 atom stereocenters. The summed E-state index contributed by atoms with van der Waals surface area (Å²) in [6.45, 7) is 3.90. The normalized spacial score (nSPS) is 11.0. The fourth-order valence-corrected chi connectivity index (χ4v) is 2.93. The molecular weight excluding hydrogens is 294 g/mol. The third kappa shape index (κ3) is 3.92. The number of benzene rings is 2. The largest absolute Gasteiger partial charge is 0.362 e. The first kappa shape index (κ1) is 16.5. The van der Waals surface area contributed by atoms with Crippen LogP contribution in [0.4, 0.5) is 5.82 Å². The van der Waals surface area contributed by atoms with E-state index in [1.54, 1.807) is 0 Å². The summed E-state index contributed by atoms with van der Waals surface area (Å²) in [4.78, 5) is 6.95. The number of hydrogen-bond acceptors (Lipinski definition) is 3. The minimum absolute atomic E-state index is 0.831. The fourth-order valence-electron chi connectivity index (χ4n) is 2.93. The van der Waals surface area contributed by atoms with E-state index in [0.29, 0.717) is 0 Å². The zero-order valence-electron chi connectivity index (χ0n) is 14.7. The molecule has 0 aliphatic rings. The van der Waals surface area contributed by atoms with E-state index in [9.17, 15) is 0 Å². The van der Waals surface area contributed by atoms with Gasteiger partial charge in [-0.2, -0.15) is 0 Å². The summed E-state index contributed by atoms with van der Waals surface area (Å²) < 4.78 is 0. The maximum Gasteiger partial charge on any atom is 0.133 e. The molecule has 24 heavy (non-hydrogen) atoms. The van der Waals surface area contributed by atoms with Crippen molar-refractivity contribution in [3.8, 4) is 0 Å². The van der Waals surface area contributed by atoms with Crippen LogP contribution in [0, 0.1) is 6.92 Å². The Morgan fingerprint density at radius 1 is 1.00 bits per heavy atom. The molecule has 3 nitrogen and oxygen atoms in total. The van der Waals surface area contributed by atoms with Crippen LogP contribution >= 0.6 is 0 Å². The maximum atomic E-state index is 4.86. The Labute approximate surface area is 144 Å². The summed E-state index contributed by atoms with van der Waals surface area (Å²) in [5.74, 6) is 1.04. The number of rotatable bonds is 6. The second-order valence-electron chi connectivity index (χ2n) is 6.47. The van der Waals surface area contributed by atoms with E-state index in [1.807, 2.05) is 0 Å². The van der Waals surface area contributed by atoms with E-state index < -0.39 is 0 Å². The van der Waals surface area contributed by atoms with E-state index in [4.69, 9.17) is 4.98 Å². The molecule has 0 amide bonds. The van der Waals surface area contributed by atoms with Crippen molar-refractivity contribution in [1.29, 1.82) is 0 Å². The van der Waals surface area contributed by atoms with Crippen LogP contribution in [0.15, 0.2) is 54.6 Å². The molecule has 0 aliphatic carbocycles. The van der Waals surface area contributed by atoms with Gasteiger partial charge < -0.3 is 10.2 Å². The highest BCUT2D eigenvalue weighted by atomic mass is 15.1. The number of aromatic nitrogens is 1. The van der Waals surface area contributed by atoms with Gasteiger partial charge in [-0.15, -0.1) is 0 Å². The fraction of sp³-hybridized carbons (Fsp3) is 0.286. The quantitative estimate of drug-likeness (QED) is 0.698. The molecule has 0 unspecified atom stereocenters. The minimum atomic E-state index is 0.831. The summed E-state index contributed by atoms with van der Waals surface area (Å²) in [6.07, 6.45) is 1.04. The van der Waals surface area contributed by atoms with Crippen molar-refractivity contribution >= 4 is 16.7 Å². The zero-order valence-corrected chi connectivity index (χ0v) is 14.7. The summed E-state index contributed by atoms with van der Waals surface area (Å²) in [5, 5.41) is 4.75. The minimum Gasteiger partial charge on any atom is -0.362 e. The predicted molar refractivity (Wildman–Crippen MR) is 103 cm³/mol. The van der Waals surface area contributed by atoms with Crippen LogP contribution < -0.4 is 10.2 Å². The van der Waals surface area contributed by atoms with E-state index in [-0.39, 0.29) is 0 Å². The van der Waals surface area contributed by atoms with Crippen LogP contribution in [0.25, 0.3) is 10.9 Å². The molecule has 0 saturated heterocycles. The van der Waals surface area contributed by atoms with E-state index in [1.165, 1.54) is 22.1 Å². The first-order chi connectivity index (χ1) is 11.6. The summed E-state index contributed by atoms with van der Waals surface area (Å²) >= 11 is 0. The van der Waals surface area contributed by atoms with Gasteiger partial charge in [0.2, 0.25) is 0 Å². The van der Waals surface area contributed by atoms with Gasteiger partial charge in [0.25, 0.3) is 0 Å². The predicted octanol–water partition coefficient (Wildman–Crippen LogP) is 3.94. The summed E-state index contributed by atoms with van der Waals surface area (Å²) in [7, 11) is 4.11. The van der Waals surface area contributed by atoms with Gasteiger partial charge in [-0.1, -0.05) is 42.5 Å². The highest BCUT2D eigenvalue weighted by molar-refractivity contribution is 5.82. The highest BCUT2D eigenvalue weighted by Gasteiger charge is 2.09. The first-order valence-electron chi connectivity index (χ1n) is 8.46. The van der Waals surface area contributed by atoms with Crippen LogP contribution in [0.3, 0.4) is 0 Å². The number of aryl methyl sites for hydroxylation is 1. The van der Waals surface area contributed by atoms with Crippen LogP contribution in [0.5, 0.6) is 0 Å². The molecule has 124 valence electrons. The van der Waals surface area contributed by atoms with Gasteiger partial charge in [-0.3, -0.25) is 0 Å². The number of nitrogens with zero attached hydrogens (tertiary/aromatic N) is 2. The Kier molecular flexibility index (Phi) is 5.11. The van der Waals surface area contributed by atoms with Gasteiger partial charge in [0.05, 0.1) is 5.52 Å². The smallest absolute Gasteiger partial charge is 0.133 e. The van der Waals surface area contributed by atoms with Crippen LogP contribution in [0.2, 0.25) is 0 Å². The lowest BCUT2D eigenvalue weighted by Crippen LogP contribution is -2.20. The number of pyridine rings is 1. The van der Waals surface area contributed by atoms with Gasteiger partial charge in [0.15, 0.2) is 0 Å². The Bertz CT molecular complexity index is 810. The second-order valence-corrected chi connectivity index (χ2v) is 6.47. The Morgan fingerprint density at radius 3 is 2.54 bits per heavy atom. The molecule has 3 aromatic rings. The van der Waals surface area contributed by atoms with Crippen molar-refractivity contribution < 1.29 is 0 Å². The lowest BCUT2D eigenvalue weighted by molar-refractivity contribution is 0.685. The zero-order chi connectivity index (χ0) is 16.9. The van der Waals surface area contributed by atoms with Crippen molar-refractivity contribution in [2.45, 2.75) is 19.9 Å². The third-order valence-corrected chi connectivity index (χ3v) is 4.20. The standard InChI is InChI=1S/C21H25N3/c1-16-9-10-18-14-19(21(24(2)3)23-20(18)13-16)15-22-12-11-17-7-5-4-6-8-17/h4-10,13-14,22H,11-12,15H2,1-3H3. The van der Waals surface area contributed by atoms with Crippen molar-refractivity contribution in [2.24, 2.45) is 0 Å². The van der Waals surface area contributed by atoms with Gasteiger partial charge in [-0.05, 0) is 43.1 Å². The lowest BCUT2D eigenvalue weighted by atomic mass is 10.1. The molecule has 3 rings (SSSR count). The monoisotopic (exact) mass is 319 g/mol. The first-order valence-corrected chi connectivity index (χ1v) is 8.46. The maximum absolute atomic E-state index is 4.86. The molecule has 0 saturated carbocycles. The Balaban J connectivity index is 1.73. The average molecular weight is 319 g/mol. The molecule has 0 bridgehead atoms. The number of anilines is 1. The topological polar surface area (TPSA) is 28.2 Å². The second kappa shape index (κ2) is 7.45. The van der Waals surface area contributed by atoms with Gasteiger partial charge >= 0.3 is 0 Å². The van der Waals surface area contributed by atoms with Gasteiger partial charge in [-0.25, -0.2) is 4.98 Å². The molecule has 0 fully saturated rings. The van der Waals surface area contributed by atoms with E-state index in [2.05, 4.69) is 85.8 Å². The summed E-state index contributed by atoms with van der Waals surface area (Å²) in [5.41, 5.74) is 4.91.